The first kappa shape index (κ1) is 22.6. The minimum atomic E-state index is -0.874. The van der Waals surface area contributed by atoms with Crippen LogP contribution in [0.3, 0.4) is 0 Å². The number of hydrogen-bond acceptors (Lipinski definition) is 4. The SMILES string of the molecule is Cc1c(Cl)cccc1NC(=O)[C@H](C)n1nc(C)c2nn(-c3ccccc3)c(-n3cccc3)c2c1=O. The van der Waals surface area contributed by atoms with E-state index in [1.165, 1.54) is 4.68 Å². The second-order valence-corrected chi connectivity index (χ2v) is 8.70. The van der Waals surface area contributed by atoms with Crippen molar-refractivity contribution in [2.24, 2.45) is 0 Å². The van der Waals surface area contributed by atoms with Gasteiger partial charge < -0.3 is 9.88 Å². The molecule has 9 heteroatoms. The number of para-hydroxylation sites is 1. The predicted octanol–water partition coefficient (Wildman–Crippen LogP) is 4.84. The van der Waals surface area contributed by atoms with E-state index in [0.717, 1.165) is 11.3 Å². The second kappa shape index (κ2) is 8.88. The summed E-state index contributed by atoms with van der Waals surface area (Å²) in [6, 6.07) is 17.8. The van der Waals surface area contributed by atoms with Crippen molar-refractivity contribution < 1.29 is 4.79 Å². The van der Waals surface area contributed by atoms with Gasteiger partial charge in [-0.15, -0.1) is 0 Å². The number of aromatic nitrogens is 5. The molecule has 0 spiro atoms. The van der Waals surface area contributed by atoms with Gasteiger partial charge in [0, 0.05) is 23.1 Å². The number of nitrogens with one attached hydrogen (secondary N) is 1. The molecule has 8 nitrogen and oxygen atoms in total. The van der Waals surface area contributed by atoms with E-state index in [4.69, 9.17) is 16.7 Å². The second-order valence-electron chi connectivity index (χ2n) is 8.30. The van der Waals surface area contributed by atoms with E-state index in [2.05, 4.69) is 10.4 Å². The first-order chi connectivity index (χ1) is 16.9. The molecule has 1 N–H and O–H groups in total. The fraction of sp³-hybridized carbons (Fsp3) is 0.154. The number of anilines is 1. The summed E-state index contributed by atoms with van der Waals surface area (Å²) in [6.45, 7) is 5.25. The Kier molecular flexibility index (Phi) is 5.74. The third-order valence-electron chi connectivity index (χ3n) is 6.01. The minimum Gasteiger partial charge on any atom is -0.324 e. The quantitative estimate of drug-likeness (QED) is 0.385. The van der Waals surface area contributed by atoms with E-state index in [1.54, 1.807) is 36.7 Å². The largest absolute Gasteiger partial charge is 0.324 e. The molecule has 2 aromatic carbocycles. The third-order valence-corrected chi connectivity index (χ3v) is 6.41. The molecule has 0 radical (unpaired) electrons. The number of aryl methyl sites for hydroxylation is 1. The average molecular weight is 487 g/mol. The van der Waals surface area contributed by atoms with Crippen LogP contribution in [0.25, 0.3) is 22.4 Å². The molecular formula is C26H23ClN6O2. The average Bonchev–Trinajstić information content (AvgIpc) is 3.52. The highest BCUT2D eigenvalue weighted by Gasteiger charge is 2.25. The lowest BCUT2D eigenvalue weighted by Gasteiger charge is -2.16. The number of amides is 1. The van der Waals surface area contributed by atoms with E-state index in [0.29, 0.717) is 33.1 Å². The van der Waals surface area contributed by atoms with Crippen molar-refractivity contribution in [2.45, 2.75) is 26.8 Å². The molecule has 0 unspecified atom stereocenters. The lowest BCUT2D eigenvalue weighted by molar-refractivity contribution is -0.119. The molecule has 0 saturated carbocycles. The van der Waals surface area contributed by atoms with E-state index >= 15 is 0 Å². The highest BCUT2D eigenvalue weighted by Crippen LogP contribution is 2.26. The summed E-state index contributed by atoms with van der Waals surface area (Å²) in [4.78, 5) is 26.9. The number of hydrogen-bond donors (Lipinski definition) is 1. The number of fused-ring (bicyclic) bond motifs is 1. The van der Waals surface area contributed by atoms with Crippen molar-refractivity contribution in [3.05, 3.63) is 99.7 Å². The Bertz CT molecular complexity index is 1600. The van der Waals surface area contributed by atoms with Crippen molar-refractivity contribution >= 4 is 34.1 Å². The molecule has 0 fully saturated rings. The highest BCUT2D eigenvalue weighted by molar-refractivity contribution is 6.31. The lowest BCUT2D eigenvalue weighted by atomic mass is 10.2. The Morgan fingerprint density at radius 2 is 1.69 bits per heavy atom. The molecule has 3 aromatic heterocycles. The zero-order chi connectivity index (χ0) is 24.7. The summed E-state index contributed by atoms with van der Waals surface area (Å²) < 4.78 is 4.79. The number of nitrogens with zero attached hydrogens (tertiary/aromatic N) is 5. The maximum atomic E-state index is 13.8. The van der Waals surface area contributed by atoms with Crippen LogP contribution in [0.2, 0.25) is 5.02 Å². The van der Waals surface area contributed by atoms with E-state index in [1.807, 2.05) is 66.3 Å². The molecule has 176 valence electrons. The van der Waals surface area contributed by atoms with Crippen molar-refractivity contribution in [3.8, 4) is 11.5 Å². The summed E-state index contributed by atoms with van der Waals surface area (Å²) in [5, 5.41) is 13.0. The van der Waals surface area contributed by atoms with E-state index < -0.39 is 11.6 Å². The topological polar surface area (TPSA) is 86.7 Å². The number of halogens is 1. The van der Waals surface area contributed by atoms with Crippen LogP contribution < -0.4 is 10.9 Å². The van der Waals surface area contributed by atoms with Crippen molar-refractivity contribution in [1.29, 1.82) is 0 Å². The molecule has 1 amide bonds. The summed E-state index contributed by atoms with van der Waals surface area (Å²) in [5.74, 6) is 0.209. The number of benzene rings is 2. The lowest BCUT2D eigenvalue weighted by Crippen LogP contribution is -2.34. The van der Waals surface area contributed by atoms with Gasteiger partial charge in [0.15, 0.2) is 5.82 Å². The van der Waals surface area contributed by atoms with Gasteiger partial charge in [0.05, 0.1) is 11.4 Å². The Labute approximate surface area is 206 Å². The van der Waals surface area contributed by atoms with Crippen LogP contribution in [0.15, 0.2) is 77.9 Å². The van der Waals surface area contributed by atoms with Crippen LogP contribution in [0.1, 0.15) is 24.2 Å². The van der Waals surface area contributed by atoms with Gasteiger partial charge in [0.25, 0.3) is 5.56 Å². The first-order valence-corrected chi connectivity index (χ1v) is 11.5. The van der Waals surface area contributed by atoms with E-state index in [-0.39, 0.29) is 5.91 Å². The van der Waals surface area contributed by atoms with Gasteiger partial charge in [0.1, 0.15) is 16.9 Å². The standard InChI is InChI=1S/C26H23ClN6O2/c1-16-20(27)12-9-13-21(16)28-24(34)18(3)32-26(35)22-23(17(2)29-32)30-33(19-10-5-4-6-11-19)25(22)31-14-7-8-15-31/h4-15,18H,1-3H3,(H,28,34)/t18-/m0/s1. The Morgan fingerprint density at radius 1 is 0.971 bits per heavy atom. The van der Waals surface area contributed by atoms with Gasteiger partial charge in [-0.1, -0.05) is 35.9 Å². The van der Waals surface area contributed by atoms with Crippen molar-refractivity contribution in [2.75, 3.05) is 5.32 Å². The summed E-state index contributed by atoms with van der Waals surface area (Å²) in [5.41, 5.74) is 2.77. The molecule has 0 aliphatic heterocycles. The smallest absolute Gasteiger partial charge is 0.280 e. The van der Waals surface area contributed by atoms with Crippen molar-refractivity contribution in [3.63, 3.8) is 0 Å². The minimum absolute atomic E-state index is 0.373. The molecule has 1 atom stereocenters. The maximum absolute atomic E-state index is 13.8. The zero-order valence-electron chi connectivity index (χ0n) is 19.4. The number of carbonyl (C=O) groups excluding carboxylic acids is 1. The molecule has 5 aromatic rings. The summed E-state index contributed by atoms with van der Waals surface area (Å²) in [7, 11) is 0. The molecule has 3 heterocycles. The maximum Gasteiger partial charge on any atom is 0.280 e. The van der Waals surface area contributed by atoms with Gasteiger partial charge in [0.2, 0.25) is 5.91 Å². The molecule has 5 rings (SSSR count). The first-order valence-electron chi connectivity index (χ1n) is 11.1. The third kappa shape index (κ3) is 3.91. The van der Waals surface area contributed by atoms with Gasteiger partial charge in [-0.2, -0.15) is 10.2 Å². The predicted molar refractivity (Wildman–Crippen MR) is 137 cm³/mol. The van der Waals surface area contributed by atoms with Gasteiger partial charge in [-0.25, -0.2) is 9.36 Å². The van der Waals surface area contributed by atoms with E-state index in [9.17, 15) is 9.59 Å². The molecule has 0 aliphatic carbocycles. The monoisotopic (exact) mass is 486 g/mol. The summed E-state index contributed by atoms with van der Waals surface area (Å²) >= 11 is 6.19. The van der Waals surface area contributed by atoms with Crippen LogP contribution in [-0.2, 0) is 4.79 Å². The fourth-order valence-electron chi connectivity index (χ4n) is 4.05. The Hall–Kier alpha value is -4.17. The number of rotatable bonds is 5. The van der Waals surface area contributed by atoms with Gasteiger partial charge in [-0.05, 0) is 62.7 Å². The molecule has 35 heavy (non-hydrogen) atoms. The highest BCUT2D eigenvalue weighted by atomic mass is 35.5. The van der Waals surface area contributed by atoms with Gasteiger partial charge in [-0.3, -0.25) is 9.59 Å². The van der Waals surface area contributed by atoms with Crippen LogP contribution in [0.4, 0.5) is 5.69 Å². The summed E-state index contributed by atoms with van der Waals surface area (Å²) in [6.07, 6.45) is 3.71. The molecule has 0 aliphatic rings. The van der Waals surface area contributed by atoms with Gasteiger partial charge >= 0.3 is 0 Å². The van der Waals surface area contributed by atoms with Crippen LogP contribution in [0, 0.1) is 13.8 Å². The number of carbonyl (C=O) groups is 1. The van der Waals surface area contributed by atoms with Crippen LogP contribution >= 0.6 is 11.6 Å². The van der Waals surface area contributed by atoms with Crippen LogP contribution in [0.5, 0.6) is 0 Å². The molecular weight excluding hydrogens is 464 g/mol. The fourth-order valence-corrected chi connectivity index (χ4v) is 4.22. The normalized spacial score (nSPS) is 12.1. The zero-order valence-corrected chi connectivity index (χ0v) is 20.2. The van der Waals surface area contributed by atoms with Crippen LogP contribution in [-0.4, -0.2) is 30.0 Å². The Morgan fingerprint density at radius 3 is 2.40 bits per heavy atom. The molecule has 0 bridgehead atoms. The Balaban J connectivity index is 1.66. The molecule has 0 saturated heterocycles. The van der Waals surface area contributed by atoms with Crippen molar-refractivity contribution in [1.82, 2.24) is 24.1 Å².